The number of methoxy groups -OCH3 is 1. The maximum atomic E-state index is 12.7. The number of hydrogen-bond acceptors (Lipinski definition) is 5. The van der Waals surface area contributed by atoms with E-state index in [0.29, 0.717) is 5.56 Å². The van der Waals surface area contributed by atoms with Gasteiger partial charge in [0, 0.05) is 21.2 Å². The fourth-order valence-electron chi connectivity index (χ4n) is 3.44. The minimum Gasteiger partial charge on any atom is -0.497 e. The van der Waals surface area contributed by atoms with Crippen LogP contribution >= 0.6 is 27.3 Å². The van der Waals surface area contributed by atoms with Gasteiger partial charge in [-0.1, -0.05) is 69.7 Å². The van der Waals surface area contributed by atoms with E-state index in [4.69, 9.17) is 14.8 Å². The van der Waals surface area contributed by atoms with Crippen LogP contribution in [-0.4, -0.2) is 27.5 Å². The first-order valence-corrected chi connectivity index (χ1v) is 11.8. The molecule has 0 spiro atoms. The van der Waals surface area contributed by atoms with E-state index in [1.54, 1.807) is 35.9 Å². The van der Waals surface area contributed by atoms with E-state index in [1.165, 1.54) is 11.3 Å². The summed E-state index contributed by atoms with van der Waals surface area (Å²) in [5.41, 5.74) is 4.10. The minimum atomic E-state index is -0.0714. The molecule has 5 nitrogen and oxygen atoms in total. The molecule has 0 N–H and O–H groups in total. The van der Waals surface area contributed by atoms with Crippen LogP contribution in [0.5, 0.6) is 5.75 Å². The van der Waals surface area contributed by atoms with E-state index in [1.807, 2.05) is 66.7 Å². The summed E-state index contributed by atoms with van der Waals surface area (Å²) in [5.74, 6) is 0.721. The van der Waals surface area contributed by atoms with Crippen LogP contribution in [0.4, 0.5) is 0 Å². The Balaban J connectivity index is 1.59. The number of ether oxygens (including phenoxy) is 1. The van der Waals surface area contributed by atoms with Crippen LogP contribution in [0.15, 0.2) is 89.4 Å². The third-order valence-corrected chi connectivity index (χ3v) is 6.63. The third-order valence-electron chi connectivity index (χ3n) is 5.14. The molecular formula is C26H18BrN3O2S. The summed E-state index contributed by atoms with van der Waals surface area (Å²) >= 11 is 4.98. The van der Waals surface area contributed by atoms with Gasteiger partial charge in [-0.3, -0.25) is 4.79 Å². The van der Waals surface area contributed by atoms with Gasteiger partial charge in [0.2, 0.25) is 4.96 Å². The highest BCUT2D eigenvalue weighted by Crippen LogP contribution is 2.33. The second-order valence-electron chi connectivity index (χ2n) is 7.25. The zero-order valence-electron chi connectivity index (χ0n) is 17.6. The zero-order valence-corrected chi connectivity index (χ0v) is 20.0. The summed E-state index contributed by atoms with van der Waals surface area (Å²) in [6.07, 6.45) is 3.37. The van der Waals surface area contributed by atoms with Crippen LogP contribution in [-0.2, 0) is 0 Å². The lowest BCUT2D eigenvalue weighted by Crippen LogP contribution is -1.95. The summed E-state index contributed by atoms with van der Waals surface area (Å²) in [7, 11) is 1.64. The van der Waals surface area contributed by atoms with Crippen LogP contribution in [0, 0.1) is 0 Å². The van der Waals surface area contributed by atoms with E-state index >= 15 is 0 Å². The summed E-state index contributed by atoms with van der Waals surface area (Å²) in [6.45, 7) is 0. The monoisotopic (exact) mass is 515 g/mol. The number of allylic oxidation sites excluding steroid dienone is 1. The van der Waals surface area contributed by atoms with E-state index in [-0.39, 0.29) is 5.78 Å². The largest absolute Gasteiger partial charge is 0.497 e. The Hall–Kier alpha value is -3.55. The van der Waals surface area contributed by atoms with Crippen LogP contribution in [0.3, 0.4) is 0 Å². The van der Waals surface area contributed by atoms with Gasteiger partial charge in [0.05, 0.1) is 18.5 Å². The van der Waals surface area contributed by atoms with Gasteiger partial charge < -0.3 is 4.74 Å². The molecule has 0 aliphatic rings. The molecular weight excluding hydrogens is 498 g/mol. The van der Waals surface area contributed by atoms with Crippen molar-refractivity contribution < 1.29 is 9.53 Å². The van der Waals surface area contributed by atoms with Gasteiger partial charge in [-0.15, -0.1) is 0 Å². The summed E-state index contributed by atoms with van der Waals surface area (Å²) < 4.78 is 8.04. The molecule has 0 radical (unpaired) electrons. The van der Waals surface area contributed by atoms with Gasteiger partial charge in [-0.25, -0.2) is 9.50 Å². The van der Waals surface area contributed by atoms with E-state index in [9.17, 15) is 4.79 Å². The number of carbonyl (C=O) groups is 1. The molecule has 0 aliphatic carbocycles. The fourth-order valence-corrected chi connectivity index (χ4v) is 4.61. The third kappa shape index (κ3) is 4.37. The van der Waals surface area contributed by atoms with Crippen LogP contribution in [0.1, 0.15) is 16.1 Å². The van der Waals surface area contributed by atoms with Crippen molar-refractivity contribution in [2.75, 3.05) is 7.11 Å². The van der Waals surface area contributed by atoms with Gasteiger partial charge >= 0.3 is 0 Å². The zero-order chi connectivity index (χ0) is 22.8. The van der Waals surface area contributed by atoms with Crippen LogP contribution in [0.2, 0.25) is 0 Å². The Morgan fingerprint density at radius 1 is 0.970 bits per heavy atom. The Morgan fingerprint density at radius 2 is 1.67 bits per heavy atom. The topological polar surface area (TPSA) is 56.5 Å². The molecule has 0 atom stereocenters. The molecule has 0 fully saturated rings. The molecule has 0 bridgehead atoms. The number of carbonyl (C=O) groups excluding carboxylic acids is 1. The number of ketones is 1. The molecule has 3 aromatic carbocycles. The van der Waals surface area contributed by atoms with Crippen molar-refractivity contribution in [3.8, 4) is 27.6 Å². The molecule has 0 amide bonds. The summed E-state index contributed by atoms with van der Waals surface area (Å²) in [5, 5.41) is 5.65. The lowest BCUT2D eigenvalue weighted by molar-refractivity contribution is 0.104. The molecule has 5 aromatic rings. The molecule has 33 heavy (non-hydrogen) atoms. The lowest BCUT2D eigenvalue weighted by Gasteiger charge is -2.02. The highest BCUT2D eigenvalue weighted by Gasteiger charge is 2.17. The second kappa shape index (κ2) is 9.13. The Morgan fingerprint density at radius 3 is 2.36 bits per heavy atom. The quantitative estimate of drug-likeness (QED) is 0.184. The molecule has 2 heterocycles. The number of halogens is 1. The first kappa shape index (κ1) is 21.3. The normalized spacial score (nSPS) is 11.3. The van der Waals surface area contributed by atoms with Crippen molar-refractivity contribution in [1.82, 2.24) is 14.6 Å². The number of aromatic nitrogens is 3. The second-order valence-corrected chi connectivity index (χ2v) is 9.12. The lowest BCUT2D eigenvalue weighted by atomic mass is 10.1. The minimum absolute atomic E-state index is 0.0714. The van der Waals surface area contributed by atoms with E-state index in [2.05, 4.69) is 15.9 Å². The number of imidazole rings is 1. The van der Waals surface area contributed by atoms with Gasteiger partial charge in [-0.2, -0.15) is 5.10 Å². The number of rotatable bonds is 6. The highest BCUT2D eigenvalue weighted by molar-refractivity contribution is 9.10. The van der Waals surface area contributed by atoms with Crippen molar-refractivity contribution in [1.29, 1.82) is 0 Å². The molecule has 0 saturated heterocycles. The SMILES string of the molecule is COc1ccc(-c2nn3c(/C=C/C(=O)c4ccccc4)c(-c4ccc(Br)cc4)nc3s2)cc1. The fraction of sp³-hybridized carbons (Fsp3) is 0.0385. The predicted molar refractivity (Wildman–Crippen MR) is 136 cm³/mol. The summed E-state index contributed by atoms with van der Waals surface area (Å²) in [4.78, 5) is 18.3. The highest BCUT2D eigenvalue weighted by atomic mass is 79.9. The van der Waals surface area contributed by atoms with Crippen LogP contribution in [0.25, 0.3) is 32.9 Å². The molecule has 0 aliphatic heterocycles. The molecule has 0 saturated carbocycles. The van der Waals surface area contributed by atoms with Crippen molar-refractivity contribution in [3.05, 3.63) is 101 Å². The van der Waals surface area contributed by atoms with E-state index < -0.39 is 0 Å². The van der Waals surface area contributed by atoms with Crippen molar-refractivity contribution >= 4 is 44.1 Å². The maximum Gasteiger partial charge on any atom is 0.213 e. The molecule has 0 unspecified atom stereocenters. The number of fused-ring (bicyclic) bond motifs is 1. The Kier molecular flexibility index (Phi) is 5.90. The molecule has 5 rings (SSSR count). The molecule has 2 aromatic heterocycles. The van der Waals surface area contributed by atoms with Gasteiger partial charge in [0.25, 0.3) is 0 Å². The average molecular weight is 516 g/mol. The van der Waals surface area contributed by atoms with Crippen molar-refractivity contribution in [2.45, 2.75) is 0 Å². The first-order chi connectivity index (χ1) is 16.1. The molecule has 162 valence electrons. The number of hydrogen-bond donors (Lipinski definition) is 0. The standard InChI is InChI=1S/C26H18BrN3O2S/c1-32-21-13-9-19(10-14-21)25-29-30-22(15-16-23(31)17-5-3-2-4-6-17)24(28-26(30)33-25)18-7-11-20(27)12-8-18/h2-16H,1H3/b16-15+. The smallest absolute Gasteiger partial charge is 0.213 e. The summed E-state index contributed by atoms with van der Waals surface area (Å²) in [6, 6.07) is 24.9. The van der Waals surface area contributed by atoms with Crippen molar-refractivity contribution in [2.24, 2.45) is 0 Å². The van der Waals surface area contributed by atoms with Gasteiger partial charge in [-0.05, 0) is 48.6 Å². The van der Waals surface area contributed by atoms with Crippen molar-refractivity contribution in [3.63, 3.8) is 0 Å². The number of benzene rings is 3. The number of nitrogens with zero attached hydrogens (tertiary/aromatic N) is 3. The first-order valence-electron chi connectivity index (χ1n) is 10.2. The Labute approximate surface area is 203 Å². The van der Waals surface area contributed by atoms with Crippen LogP contribution < -0.4 is 4.74 Å². The predicted octanol–water partition coefficient (Wildman–Crippen LogP) is 6.79. The maximum absolute atomic E-state index is 12.7. The Bertz CT molecular complexity index is 1450. The van der Waals surface area contributed by atoms with Gasteiger partial charge in [0.1, 0.15) is 10.8 Å². The van der Waals surface area contributed by atoms with E-state index in [0.717, 1.165) is 42.7 Å². The molecule has 7 heteroatoms. The average Bonchev–Trinajstić information content (AvgIpc) is 3.42. The van der Waals surface area contributed by atoms with Gasteiger partial charge in [0.15, 0.2) is 5.78 Å².